The van der Waals surface area contributed by atoms with Gasteiger partial charge < -0.3 is 4.98 Å². The van der Waals surface area contributed by atoms with E-state index in [1.54, 1.807) is 0 Å². The smallest absolute Gasteiger partial charge is 0.103 e. The van der Waals surface area contributed by atoms with E-state index in [0.29, 0.717) is 12.8 Å². The number of halogens is 1. The molecule has 1 aliphatic rings. The monoisotopic (exact) mass is 232 g/mol. The number of nitrogens with zero attached hydrogens (tertiary/aromatic N) is 1. The molecule has 3 rings (SSSR count). The molecule has 1 aromatic heterocycles. The summed E-state index contributed by atoms with van der Waals surface area (Å²) in [7, 11) is 0. The van der Waals surface area contributed by atoms with Crippen LogP contribution in [-0.4, -0.2) is 29.1 Å². The molecule has 17 heavy (non-hydrogen) atoms. The highest BCUT2D eigenvalue weighted by Gasteiger charge is 2.18. The van der Waals surface area contributed by atoms with Crippen molar-refractivity contribution < 1.29 is 4.39 Å². The van der Waals surface area contributed by atoms with Crippen LogP contribution < -0.4 is 0 Å². The summed E-state index contributed by atoms with van der Waals surface area (Å²) in [6, 6.07) is 8.58. The second-order valence-electron chi connectivity index (χ2n) is 4.85. The van der Waals surface area contributed by atoms with Gasteiger partial charge in [0, 0.05) is 31.3 Å². The lowest BCUT2D eigenvalue weighted by Gasteiger charge is -2.28. The van der Waals surface area contributed by atoms with Crippen LogP contribution in [0.15, 0.2) is 30.5 Å². The van der Waals surface area contributed by atoms with Crippen molar-refractivity contribution in [3.8, 4) is 0 Å². The summed E-state index contributed by atoms with van der Waals surface area (Å²) >= 11 is 0. The Morgan fingerprint density at radius 2 is 2.06 bits per heavy atom. The topological polar surface area (TPSA) is 19.0 Å². The molecule has 1 aliphatic heterocycles. The van der Waals surface area contributed by atoms with E-state index in [9.17, 15) is 4.39 Å². The molecule has 90 valence electrons. The van der Waals surface area contributed by atoms with Crippen molar-refractivity contribution in [3.05, 3.63) is 36.0 Å². The SMILES string of the molecule is FC1CCN(Cc2ccc3[nH]ccc3c2)CC1. The zero-order chi connectivity index (χ0) is 11.7. The van der Waals surface area contributed by atoms with Crippen molar-refractivity contribution in [1.82, 2.24) is 9.88 Å². The molecule has 2 nitrogen and oxygen atoms in total. The Labute approximate surface area is 100 Å². The summed E-state index contributed by atoms with van der Waals surface area (Å²) in [5.74, 6) is 0. The summed E-state index contributed by atoms with van der Waals surface area (Å²) in [5.41, 5.74) is 2.49. The van der Waals surface area contributed by atoms with Crippen LogP contribution in [0, 0.1) is 0 Å². The van der Waals surface area contributed by atoms with Crippen LogP contribution in [0.1, 0.15) is 18.4 Å². The van der Waals surface area contributed by atoms with Gasteiger partial charge in [0.05, 0.1) is 0 Å². The van der Waals surface area contributed by atoms with Crippen molar-refractivity contribution >= 4 is 10.9 Å². The molecule has 0 unspecified atom stereocenters. The molecular weight excluding hydrogens is 215 g/mol. The molecule has 3 heteroatoms. The maximum Gasteiger partial charge on any atom is 0.103 e. The van der Waals surface area contributed by atoms with Gasteiger partial charge in [0.2, 0.25) is 0 Å². The summed E-state index contributed by atoms with van der Waals surface area (Å²) < 4.78 is 13.0. The Morgan fingerprint density at radius 1 is 1.24 bits per heavy atom. The van der Waals surface area contributed by atoms with Crippen molar-refractivity contribution in [3.63, 3.8) is 0 Å². The number of aromatic nitrogens is 1. The molecule has 0 aliphatic carbocycles. The largest absolute Gasteiger partial charge is 0.361 e. The summed E-state index contributed by atoms with van der Waals surface area (Å²) in [6.07, 6.45) is 2.75. The molecule has 2 aromatic rings. The van der Waals surface area contributed by atoms with Crippen LogP contribution in [0.25, 0.3) is 10.9 Å². The van der Waals surface area contributed by atoms with Crippen LogP contribution >= 0.6 is 0 Å². The Kier molecular flexibility index (Phi) is 2.85. The first kappa shape index (κ1) is 10.8. The average molecular weight is 232 g/mol. The number of H-pyrrole nitrogens is 1. The number of piperidine rings is 1. The lowest BCUT2D eigenvalue weighted by molar-refractivity contribution is 0.145. The molecule has 0 radical (unpaired) electrons. The van der Waals surface area contributed by atoms with Gasteiger partial charge in [0.1, 0.15) is 6.17 Å². The quantitative estimate of drug-likeness (QED) is 0.843. The van der Waals surface area contributed by atoms with Crippen LogP contribution in [0.4, 0.5) is 4.39 Å². The van der Waals surface area contributed by atoms with Gasteiger partial charge in [-0.15, -0.1) is 0 Å². The number of hydrogen-bond acceptors (Lipinski definition) is 1. The zero-order valence-electron chi connectivity index (χ0n) is 9.82. The number of benzene rings is 1. The molecule has 1 N–H and O–H groups in total. The zero-order valence-corrected chi connectivity index (χ0v) is 9.82. The second-order valence-corrected chi connectivity index (χ2v) is 4.85. The van der Waals surface area contributed by atoms with Crippen LogP contribution in [0.5, 0.6) is 0 Å². The third-order valence-electron chi connectivity index (χ3n) is 3.54. The van der Waals surface area contributed by atoms with E-state index in [4.69, 9.17) is 0 Å². The van der Waals surface area contributed by atoms with Crippen molar-refractivity contribution in [1.29, 1.82) is 0 Å². The molecule has 1 aromatic carbocycles. The Balaban J connectivity index is 1.71. The molecule has 0 atom stereocenters. The molecule has 0 saturated carbocycles. The molecule has 0 amide bonds. The van der Waals surface area contributed by atoms with E-state index in [-0.39, 0.29) is 0 Å². The van der Waals surface area contributed by atoms with Gasteiger partial charge in [0.25, 0.3) is 0 Å². The number of rotatable bonds is 2. The highest BCUT2D eigenvalue weighted by atomic mass is 19.1. The highest BCUT2D eigenvalue weighted by molar-refractivity contribution is 5.79. The normalized spacial score (nSPS) is 18.9. The number of hydrogen-bond donors (Lipinski definition) is 1. The van der Waals surface area contributed by atoms with Crippen LogP contribution in [0.2, 0.25) is 0 Å². The lowest BCUT2D eigenvalue weighted by atomic mass is 10.1. The standard InChI is InChI=1S/C14H17FN2/c15-13-4-7-17(8-5-13)10-11-1-2-14-12(9-11)3-6-16-14/h1-3,6,9,13,16H,4-5,7-8,10H2. The van der Waals surface area contributed by atoms with Crippen molar-refractivity contribution in [2.45, 2.75) is 25.6 Å². The average Bonchev–Trinajstić information content (AvgIpc) is 2.79. The third kappa shape index (κ3) is 2.34. The summed E-state index contributed by atoms with van der Waals surface area (Å²) in [6.45, 7) is 2.70. The van der Waals surface area contributed by atoms with Crippen molar-refractivity contribution in [2.75, 3.05) is 13.1 Å². The van der Waals surface area contributed by atoms with Gasteiger partial charge >= 0.3 is 0 Å². The van der Waals surface area contributed by atoms with E-state index in [1.165, 1.54) is 16.5 Å². The Hall–Kier alpha value is -1.35. The molecule has 0 bridgehead atoms. The number of aromatic amines is 1. The fourth-order valence-corrected chi connectivity index (χ4v) is 2.52. The number of nitrogens with one attached hydrogen (secondary N) is 1. The first-order chi connectivity index (χ1) is 8.31. The van der Waals surface area contributed by atoms with Gasteiger partial charge in [0.15, 0.2) is 0 Å². The highest BCUT2D eigenvalue weighted by Crippen LogP contribution is 2.19. The molecule has 1 fully saturated rings. The van der Waals surface area contributed by atoms with Gasteiger partial charge in [-0.05, 0) is 42.0 Å². The minimum Gasteiger partial charge on any atom is -0.361 e. The van der Waals surface area contributed by atoms with E-state index in [2.05, 4.69) is 34.1 Å². The van der Waals surface area contributed by atoms with Crippen molar-refractivity contribution in [2.24, 2.45) is 0 Å². The number of fused-ring (bicyclic) bond motifs is 1. The Morgan fingerprint density at radius 3 is 2.88 bits per heavy atom. The second kappa shape index (κ2) is 4.49. The molecular formula is C14H17FN2. The van der Waals surface area contributed by atoms with E-state index < -0.39 is 6.17 Å². The maximum absolute atomic E-state index is 13.0. The predicted molar refractivity (Wildman–Crippen MR) is 67.7 cm³/mol. The molecule has 2 heterocycles. The van der Waals surface area contributed by atoms with E-state index >= 15 is 0 Å². The molecule has 1 saturated heterocycles. The van der Waals surface area contributed by atoms with Gasteiger partial charge in [-0.3, -0.25) is 4.90 Å². The minimum atomic E-state index is -0.585. The number of alkyl halides is 1. The fourth-order valence-electron chi connectivity index (χ4n) is 2.52. The Bertz CT molecular complexity index is 498. The van der Waals surface area contributed by atoms with Gasteiger partial charge in [-0.2, -0.15) is 0 Å². The molecule has 0 spiro atoms. The first-order valence-electron chi connectivity index (χ1n) is 6.24. The van der Waals surface area contributed by atoms with Crippen LogP contribution in [-0.2, 0) is 6.54 Å². The summed E-state index contributed by atoms with van der Waals surface area (Å²) in [4.78, 5) is 5.53. The maximum atomic E-state index is 13.0. The predicted octanol–water partition coefficient (Wildman–Crippen LogP) is 3.10. The van der Waals surface area contributed by atoms with Crippen LogP contribution in [0.3, 0.4) is 0 Å². The van der Waals surface area contributed by atoms with E-state index in [0.717, 1.165) is 19.6 Å². The lowest BCUT2D eigenvalue weighted by Crippen LogP contribution is -2.33. The third-order valence-corrected chi connectivity index (χ3v) is 3.54. The minimum absolute atomic E-state index is 0.585. The van der Waals surface area contributed by atoms with Gasteiger partial charge in [-0.25, -0.2) is 4.39 Å². The van der Waals surface area contributed by atoms with E-state index in [1.807, 2.05) is 6.20 Å². The summed E-state index contributed by atoms with van der Waals surface area (Å²) in [5, 5.41) is 1.25. The number of likely N-dealkylation sites (tertiary alicyclic amines) is 1. The first-order valence-corrected chi connectivity index (χ1v) is 6.24. The van der Waals surface area contributed by atoms with Gasteiger partial charge in [-0.1, -0.05) is 6.07 Å². The fraction of sp³-hybridized carbons (Fsp3) is 0.429.